The van der Waals surface area contributed by atoms with E-state index in [2.05, 4.69) is 10.3 Å². The molecular weight excluding hydrogens is 300 g/mol. The molecule has 0 aliphatic heterocycles. The molecule has 2 N–H and O–H groups in total. The Hall–Kier alpha value is -3.27. The Bertz CT molecular complexity index is 811. The Morgan fingerprint density at radius 3 is 2.17 bits per heavy atom. The summed E-state index contributed by atoms with van der Waals surface area (Å²) < 4.78 is 5.18. The maximum atomic E-state index is 9.42. The molecule has 0 fully saturated rings. The Morgan fingerprint density at radius 1 is 0.875 bits per heavy atom. The van der Waals surface area contributed by atoms with Gasteiger partial charge in [-0.2, -0.15) is 0 Å². The third-order valence-electron chi connectivity index (χ3n) is 3.49. The van der Waals surface area contributed by atoms with E-state index in [0.717, 1.165) is 28.5 Å². The van der Waals surface area contributed by atoms with E-state index in [1.165, 1.54) is 0 Å². The van der Waals surface area contributed by atoms with Gasteiger partial charge in [0, 0.05) is 11.3 Å². The highest BCUT2D eigenvalue weighted by atomic mass is 16.5. The van der Waals surface area contributed by atoms with Crippen molar-refractivity contribution in [3.8, 4) is 11.5 Å². The fraction of sp³-hybridized carbons (Fsp3) is 0.0500. The van der Waals surface area contributed by atoms with E-state index in [-0.39, 0.29) is 5.75 Å². The molecular formula is C20H18N2O2. The van der Waals surface area contributed by atoms with E-state index in [9.17, 15) is 5.11 Å². The Morgan fingerprint density at radius 2 is 1.54 bits per heavy atom. The first-order chi connectivity index (χ1) is 11.7. The van der Waals surface area contributed by atoms with Crippen LogP contribution in [0.15, 0.2) is 83.9 Å². The first-order valence-corrected chi connectivity index (χ1v) is 7.59. The second-order valence-corrected chi connectivity index (χ2v) is 5.20. The molecule has 0 aromatic heterocycles. The zero-order valence-electron chi connectivity index (χ0n) is 13.3. The number of phenols is 1. The summed E-state index contributed by atoms with van der Waals surface area (Å²) in [6, 6.07) is 24.3. The van der Waals surface area contributed by atoms with E-state index in [1.807, 2.05) is 54.6 Å². The Balaban J connectivity index is 1.94. The van der Waals surface area contributed by atoms with Crippen molar-refractivity contribution in [3.05, 3.63) is 84.4 Å². The number of hydrogen-bond donors (Lipinski definition) is 2. The van der Waals surface area contributed by atoms with Gasteiger partial charge in [-0.3, -0.25) is 0 Å². The Labute approximate surface area is 141 Å². The van der Waals surface area contributed by atoms with E-state index >= 15 is 0 Å². The van der Waals surface area contributed by atoms with Crippen LogP contribution in [0.1, 0.15) is 5.56 Å². The van der Waals surface area contributed by atoms with E-state index in [4.69, 9.17) is 4.74 Å². The number of nitrogens with one attached hydrogen (secondary N) is 1. The van der Waals surface area contributed by atoms with Crippen LogP contribution in [0, 0.1) is 0 Å². The van der Waals surface area contributed by atoms with E-state index in [1.54, 1.807) is 31.4 Å². The van der Waals surface area contributed by atoms with Crippen LogP contribution in [-0.2, 0) is 0 Å². The van der Waals surface area contributed by atoms with Crippen molar-refractivity contribution in [2.45, 2.75) is 0 Å². The second kappa shape index (κ2) is 7.33. The summed E-state index contributed by atoms with van der Waals surface area (Å²) in [5.74, 6) is 1.75. The maximum Gasteiger partial charge on any atom is 0.138 e. The lowest BCUT2D eigenvalue weighted by atomic mass is 10.2. The highest BCUT2D eigenvalue weighted by Crippen LogP contribution is 2.20. The van der Waals surface area contributed by atoms with Crippen molar-refractivity contribution in [3.63, 3.8) is 0 Å². The molecule has 0 spiro atoms. The molecule has 3 rings (SSSR count). The molecule has 0 heterocycles. The zero-order valence-corrected chi connectivity index (χ0v) is 13.3. The maximum absolute atomic E-state index is 9.42. The SMILES string of the molecule is COc1ccc(NC(=Nc2ccc(O)cc2)c2ccccc2)cc1. The fourth-order valence-electron chi connectivity index (χ4n) is 2.23. The molecule has 0 bridgehead atoms. The quantitative estimate of drug-likeness (QED) is 0.546. The van der Waals surface area contributed by atoms with Gasteiger partial charge in [-0.15, -0.1) is 0 Å². The molecule has 120 valence electrons. The standard InChI is InChI=1S/C20H18N2O2/c1-24-19-13-9-17(10-14-19)22-20(15-5-3-2-4-6-15)21-16-7-11-18(23)12-8-16/h2-14,23H,1H3,(H,21,22). The van der Waals surface area contributed by atoms with Gasteiger partial charge in [-0.25, -0.2) is 4.99 Å². The number of anilines is 1. The van der Waals surface area contributed by atoms with Crippen molar-refractivity contribution in [2.75, 3.05) is 12.4 Å². The number of methoxy groups -OCH3 is 1. The smallest absolute Gasteiger partial charge is 0.138 e. The Kier molecular flexibility index (Phi) is 4.77. The number of phenolic OH excluding ortho intramolecular Hbond substituents is 1. The number of benzene rings is 3. The molecule has 0 aliphatic carbocycles. The molecule has 4 nitrogen and oxygen atoms in total. The molecule has 0 saturated carbocycles. The molecule has 3 aromatic rings. The zero-order chi connectivity index (χ0) is 16.8. The molecule has 4 heteroatoms. The lowest BCUT2D eigenvalue weighted by Gasteiger charge is -2.11. The van der Waals surface area contributed by atoms with Crippen LogP contribution in [0.2, 0.25) is 0 Å². The average molecular weight is 318 g/mol. The number of rotatable bonds is 4. The summed E-state index contributed by atoms with van der Waals surface area (Å²) in [6.45, 7) is 0. The number of ether oxygens (including phenoxy) is 1. The van der Waals surface area contributed by atoms with Crippen LogP contribution in [0.5, 0.6) is 11.5 Å². The van der Waals surface area contributed by atoms with Crippen molar-refractivity contribution in [2.24, 2.45) is 4.99 Å². The molecule has 0 unspecified atom stereocenters. The number of amidine groups is 1. The van der Waals surface area contributed by atoms with Gasteiger partial charge in [0.2, 0.25) is 0 Å². The number of nitrogens with zero attached hydrogens (tertiary/aromatic N) is 1. The summed E-state index contributed by atoms with van der Waals surface area (Å²) in [5.41, 5.74) is 2.64. The third kappa shape index (κ3) is 3.93. The van der Waals surface area contributed by atoms with Crippen LogP contribution < -0.4 is 10.1 Å². The van der Waals surface area contributed by atoms with Gasteiger partial charge in [0.15, 0.2) is 0 Å². The van der Waals surface area contributed by atoms with Crippen molar-refractivity contribution >= 4 is 17.2 Å². The van der Waals surface area contributed by atoms with Gasteiger partial charge in [-0.1, -0.05) is 30.3 Å². The topological polar surface area (TPSA) is 53.8 Å². The van der Waals surface area contributed by atoms with Gasteiger partial charge >= 0.3 is 0 Å². The average Bonchev–Trinajstić information content (AvgIpc) is 2.64. The largest absolute Gasteiger partial charge is 0.508 e. The molecule has 0 amide bonds. The molecule has 0 radical (unpaired) electrons. The summed E-state index contributed by atoms with van der Waals surface area (Å²) >= 11 is 0. The first kappa shape index (κ1) is 15.6. The minimum atomic E-state index is 0.221. The first-order valence-electron chi connectivity index (χ1n) is 7.59. The van der Waals surface area contributed by atoms with E-state index in [0.29, 0.717) is 0 Å². The van der Waals surface area contributed by atoms with Crippen LogP contribution in [0.25, 0.3) is 0 Å². The highest BCUT2D eigenvalue weighted by molar-refractivity contribution is 6.09. The normalized spacial score (nSPS) is 11.1. The molecule has 0 aliphatic rings. The lowest BCUT2D eigenvalue weighted by molar-refractivity contribution is 0.415. The number of aromatic hydroxyl groups is 1. The summed E-state index contributed by atoms with van der Waals surface area (Å²) in [7, 11) is 1.64. The van der Waals surface area contributed by atoms with Crippen molar-refractivity contribution < 1.29 is 9.84 Å². The van der Waals surface area contributed by atoms with Crippen LogP contribution >= 0.6 is 0 Å². The van der Waals surface area contributed by atoms with E-state index < -0.39 is 0 Å². The second-order valence-electron chi connectivity index (χ2n) is 5.20. The monoisotopic (exact) mass is 318 g/mol. The van der Waals surface area contributed by atoms with Gasteiger partial charge in [0.1, 0.15) is 17.3 Å². The van der Waals surface area contributed by atoms with Crippen molar-refractivity contribution in [1.82, 2.24) is 0 Å². The van der Waals surface area contributed by atoms with Gasteiger partial charge in [0.25, 0.3) is 0 Å². The minimum absolute atomic E-state index is 0.221. The summed E-state index contributed by atoms with van der Waals surface area (Å²) in [6.07, 6.45) is 0. The molecule has 0 saturated heterocycles. The van der Waals surface area contributed by atoms with Gasteiger partial charge < -0.3 is 15.2 Å². The predicted octanol–water partition coefficient (Wildman–Crippen LogP) is 4.59. The lowest BCUT2D eigenvalue weighted by Crippen LogP contribution is -2.13. The summed E-state index contributed by atoms with van der Waals surface area (Å²) in [4.78, 5) is 4.67. The van der Waals surface area contributed by atoms with Gasteiger partial charge in [0.05, 0.1) is 12.8 Å². The van der Waals surface area contributed by atoms with Crippen LogP contribution in [0.3, 0.4) is 0 Å². The number of aliphatic imine (C=N–C) groups is 1. The highest BCUT2D eigenvalue weighted by Gasteiger charge is 2.05. The van der Waals surface area contributed by atoms with Crippen molar-refractivity contribution in [1.29, 1.82) is 0 Å². The molecule has 3 aromatic carbocycles. The third-order valence-corrected chi connectivity index (χ3v) is 3.49. The van der Waals surface area contributed by atoms with Gasteiger partial charge in [-0.05, 0) is 48.5 Å². The minimum Gasteiger partial charge on any atom is -0.508 e. The van der Waals surface area contributed by atoms with Crippen LogP contribution in [-0.4, -0.2) is 18.1 Å². The number of hydrogen-bond acceptors (Lipinski definition) is 3. The fourth-order valence-corrected chi connectivity index (χ4v) is 2.23. The summed E-state index contributed by atoms with van der Waals surface area (Å²) in [5, 5.41) is 12.8. The predicted molar refractivity (Wildman–Crippen MR) is 97.4 cm³/mol. The molecule has 0 atom stereocenters. The van der Waals surface area contributed by atoms with Crippen LogP contribution in [0.4, 0.5) is 11.4 Å². The molecule has 24 heavy (non-hydrogen) atoms.